The van der Waals surface area contributed by atoms with Gasteiger partial charge in [0.1, 0.15) is 11.6 Å². The number of carbonyl (C=O) groups is 2. The largest absolute Gasteiger partial charge is 0.462 e. The number of morpholine rings is 1. The molecule has 0 atom stereocenters. The van der Waals surface area contributed by atoms with Crippen molar-refractivity contribution >= 4 is 29.3 Å². The fraction of sp³-hybridized carbons (Fsp3) is 0.478. The summed E-state index contributed by atoms with van der Waals surface area (Å²) in [5.41, 5.74) is 1.11. The molecule has 10 heteroatoms. The van der Waals surface area contributed by atoms with Crippen LogP contribution in [-0.4, -0.2) is 86.0 Å². The topological polar surface area (TPSA) is 100 Å². The van der Waals surface area contributed by atoms with Crippen LogP contribution in [0, 0.1) is 0 Å². The smallest absolute Gasteiger partial charge is 0.339 e. The zero-order valence-electron chi connectivity index (χ0n) is 18.9. The molecule has 0 unspecified atom stereocenters. The lowest BCUT2D eigenvalue weighted by atomic mass is 10.2. The SMILES string of the molecule is CCOC(=O)c1ccc(N2CCCN(C(=O)Nc3ccc(N4CCOCC4)nc3)CC2)nc1. The van der Waals surface area contributed by atoms with Crippen molar-refractivity contribution in [2.24, 2.45) is 0 Å². The van der Waals surface area contributed by atoms with Gasteiger partial charge in [0.25, 0.3) is 0 Å². The molecule has 2 aromatic heterocycles. The second kappa shape index (κ2) is 11.0. The van der Waals surface area contributed by atoms with Crippen molar-refractivity contribution in [3.05, 3.63) is 42.2 Å². The zero-order valence-corrected chi connectivity index (χ0v) is 18.9. The minimum atomic E-state index is -0.372. The van der Waals surface area contributed by atoms with E-state index in [0.717, 1.165) is 37.7 Å². The van der Waals surface area contributed by atoms with Gasteiger partial charge >= 0.3 is 12.0 Å². The fourth-order valence-electron chi connectivity index (χ4n) is 3.90. The number of anilines is 3. The van der Waals surface area contributed by atoms with Gasteiger partial charge in [-0.1, -0.05) is 0 Å². The first-order chi connectivity index (χ1) is 16.1. The first-order valence-electron chi connectivity index (χ1n) is 11.4. The highest BCUT2D eigenvalue weighted by atomic mass is 16.5. The average Bonchev–Trinajstić information content (AvgIpc) is 3.12. The molecule has 4 heterocycles. The van der Waals surface area contributed by atoms with Crippen LogP contribution < -0.4 is 15.1 Å². The molecule has 1 N–H and O–H groups in total. The van der Waals surface area contributed by atoms with Crippen LogP contribution in [0.1, 0.15) is 23.7 Å². The van der Waals surface area contributed by atoms with Crippen molar-refractivity contribution < 1.29 is 19.1 Å². The number of hydrogen-bond donors (Lipinski definition) is 1. The Hall–Kier alpha value is -3.40. The maximum Gasteiger partial charge on any atom is 0.339 e. The summed E-state index contributed by atoms with van der Waals surface area (Å²) in [7, 11) is 0. The van der Waals surface area contributed by atoms with Crippen molar-refractivity contribution in [3.63, 3.8) is 0 Å². The summed E-state index contributed by atoms with van der Waals surface area (Å²) in [6, 6.07) is 7.22. The zero-order chi connectivity index (χ0) is 23.0. The number of esters is 1. The molecule has 2 aromatic rings. The molecule has 2 amide bonds. The first kappa shape index (κ1) is 22.8. The maximum atomic E-state index is 12.8. The van der Waals surface area contributed by atoms with Crippen molar-refractivity contribution in [2.45, 2.75) is 13.3 Å². The summed E-state index contributed by atoms with van der Waals surface area (Å²) in [5.74, 6) is 1.30. The van der Waals surface area contributed by atoms with Gasteiger partial charge in [0, 0.05) is 45.5 Å². The molecule has 0 saturated carbocycles. The Morgan fingerprint density at radius 1 is 0.939 bits per heavy atom. The molecule has 0 aliphatic carbocycles. The Bertz CT molecular complexity index is 931. The van der Waals surface area contributed by atoms with Crippen LogP contribution in [0.25, 0.3) is 0 Å². The van der Waals surface area contributed by atoms with E-state index >= 15 is 0 Å². The highest BCUT2D eigenvalue weighted by Crippen LogP contribution is 2.18. The van der Waals surface area contributed by atoms with E-state index in [1.807, 2.05) is 23.1 Å². The van der Waals surface area contributed by atoms with Gasteiger partial charge in [-0.3, -0.25) is 0 Å². The molecule has 0 bridgehead atoms. The molecule has 0 radical (unpaired) electrons. The van der Waals surface area contributed by atoms with E-state index in [1.165, 1.54) is 6.20 Å². The summed E-state index contributed by atoms with van der Waals surface area (Å²) in [6.45, 7) is 7.84. The highest BCUT2D eigenvalue weighted by Gasteiger charge is 2.21. The average molecular weight is 455 g/mol. The Kier molecular flexibility index (Phi) is 7.56. The predicted octanol–water partition coefficient (Wildman–Crippen LogP) is 2.23. The minimum absolute atomic E-state index is 0.136. The van der Waals surface area contributed by atoms with Crippen LogP contribution in [-0.2, 0) is 9.47 Å². The van der Waals surface area contributed by atoms with E-state index in [0.29, 0.717) is 50.7 Å². The number of nitrogens with zero attached hydrogens (tertiary/aromatic N) is 5. The monoisotopic (exact) mass is 454 g/mol. The van der Waals surface area contributed by atoms with Gasteiger partial charge < -0.3 is 29.5 Å². The minimum Gasteiger partial charge on any atom is -0.462 e. The third kappa shape index (κ3) is 5.89. The number of carbonyl (C=O) groups excluding carboxylic acids is 2. The van der Waals surface area contributed by atoms with Gasteiger partial charge in [0.2, 0.25) is 0 Å². The molecule has 0 aromatic carbocycles. The molecule has 10 nitrogen and oxygen atoms in total. The number of amides is 2. The lowest BCUT2D eigenvalue weighted by Gasteiger charge is -2.28. The lowest BCUT2D eigenvalue weighted by molar-refractivity contribution is 0.0526. The molecule has 0 spiro atoms. The van der Waals surface area contributed by atoms with Crippen molar-refractivity contribution in [2.75, 3.05) is 74.2 Å². The van der Waals surface area contributed by atoms with E-state index in [9.17, 15) is 9.59 Å². The summed E-state index contributed by atoms with van der Waals surface area (Å²) < 4.78 is 10.4. The standard InChI is InChI=1S/C23H30N6O4/c1-2-33-22(30)18-4-6-20(24-16-18)27-8-3-9-29(11-10-27)23(31)26-19-5-7-21(25-17-19)28-12-14-32-15-13-28/h4-7,16-17H,2-3,8-15H2,1H3,(H,26,31). The molecule has 176 valence electrons. The van der Waals surface area contributed by atoms with E-state index in [2.05, 4.69) is 25.1 Å². The number of rotatable bonds is 5. The van der Waals surface area contributed by atoms with Crippen LogP contribution in [0.4, 0.5) is 22.1 Å². The normalized spacial score (nSPS) is 16.8. The Morgan fingerprint density at radius 3 is 2.33 bits per heavy atom. The van der Waals surface area contributed by atoms with Crippen LogP contribution in [0.15, 0.2) is 36.7 Å². The second-order valence-corrected chi connectivity index (χ2v) is 7.89. The Balaban J connectivity index is 1.30. The third-order valence-corrected chi connectivity index (χ3v) is 5.70. The van der Waals surface area contributed by atoms with Crippen LogP contribution in [0.2, 0.25) is 0 Å². The molecule has 2 fully saturated rings. The van der Waals surface area contributed by atoms with Crippen molar-refractivity contribution in [3.8, 4) is 0 Å². The number of pyridine rings is 2. The summed E-state index contributed by atoms with van der Waals surface area (Å²) in [5, 5.41) is 2.95. The molecular formula is C23H30N6O4. The lowest BCUT2D eigenvalue weighted by Crippen LogP contribution is -2.38. The van der Waals surface area contributed by atoms with Gasteiger partial charge in [-0.2, -0.15) is 0 Å². The number of aromatic nitrogens is 2. The molecule has 2 aliphatic heterocycles. The van der Waals surface area contributed by atoms with Gasteiger partial charge in [-0.05, 0) is 37.6 Å². The molecular weight excluding hydrogens is 424 g/mol. The number of ether oxygens (including phenoxy) is 2. The van der Waals surface area contributed by atoms with Crippen molar-refractivity contribution in [1.29, 1.82) is 0 Å². The van der Waals surface area contributed by atoms with E-state index < -0.39 is 0 Å². The molecule has 33 heavy (non-hydrogen) atoms. The van der Waals surface area contributed by atoms with Crippen LogP contribution >= 0.6 is 0 Å². The first-order valence-corrected chi connectivity index (χ1v) is 11.4. The van der Waals surface area contributed by atoms with E-state index in [4.69, 9.17) is 9.47 Å². The molecule has 2 saturated heterocycles. The summed E-state index contributed by atoms with van der Waals surface area (Å²) in [6.07, 6.45) is 4.06. The van der Waals surface area contributed by atoms with Crippen LogP contribution in [0.3, 0.4) is 0 Å². The van der Waals surface area contributed by atoms with E-state index in [1.54, 1.807) is 19.2 Å². The van der Waals surface area contributed by atoms with Gasteiger partial charge in [-0.15, -0.1) is 0 Å². The van der Waals surface area contributed by atoms with Crippen LogP contribution in [0.5, 0.6) is 0 Å². The Labute approximate surface area is 193 Å². The molecule has 4 rings (SSSR count). The van der Waals surface area contributed by atoms with Gasteiger partial charge in [-0.25, -0.2) is 19.6 Å². The highest BCUT2D eigenvalue weighted by molar-refractivity contribution is 5.90. The number of urea groups is 1. The fourth-order valence-corrected chi connectivity index (χ4v) is 3.90. The Morgan fingerprint density at radius 2 is 1.67 bits per heavy atom. The third-order valence-electron chi connectivity index (χ3n) is 5.70. The summed E-state index contributed by atoms with van der Waals surface area (Å²) in [4.78, 5) is 39.6. The quantitative estimate of drug-likeness (QED) is 0.687. The predicted molar refractivity (Wildman–Crippen MR) is 125 cm³/mol. The van der Waals surface area contributed by atoms with Gasteiger partial charge in [0.15, 0.2) is 0 Å². The van der Waals surface area contributed by atoms with Gasteiger partial charge in [0.05, 0.1) is 37.3 Å². The van der Waals surface area contributed by atoms with Crippen molar-refractivity contribution in [1.82, 2.24) is 14.9 Å². The molecule has 2 aliphatic rings. The maximum absolute atomic E-state index is 12.8. The number of hydrogen-bond acceptors (Lipinski definition) is 8. The van der Waals surface area contributed by atoms with E-state index in [-0.39, 0.29) is 12.0 Å². The number of nitrogens with one attached hydrogen (secondary N) is 1. The second-order valence-electron chi connectivity index (χ2n) is 7.89. The summed E-state index contributed by atoms with van der Waals surface area (Å²) >= 11 is 0.